The molecule has 0 bridgehead atoms. The number of unbranched alkanes of at least 4 members (excludes halogenated alkanes) is 1. The quantitative estimate of drug-likeness (QED) is 0.238. The highest BCUT2D eigenvalue weighted by atomic mass is 32.2. The van der Waals surface area contributed by atoms with Crippen LogP contribution in [0.15, 0.2) is 71.6 Å². The molecule has 1 heterocycles. The Morgan fingerprint density at radius 1 is 1.00 bits per heavy atom. The Bertz CT molecular complexity index is 1490. The SMILES string of the molecule is CCCCN(CC)S(=O)(=O)c1ccc(C(=O)N(Cc2ccccc2)c2nc3c(F)cc(F)cc3s2)cc1. The predicted molar refractivity (Wildman–Crippen MR) is 142 cm³/mol. The molecule has 0 aliphatic heterocycles. The van der Waals surface area contributed by atoms with E-state index in [2.05, 4.69) is 4.98 Å². The highest BCUT2D eigenvalue weighted by Crippen LogP contribution is 2.33. The van der Waals surface area contributed by atoms with E-state index in [1.165, 1.54) is 39.5 Å². The number of carbonyl (C=O) groups is 1. The summed E-state index contributed by atoms with van der Waals surface area (Å²) >= 11 is 1.01. The van der Waals surface area contributed by atoms with Crippen molar-refractivity contribution in [2.24, 2.45) is 0 Å². The van der Waals surface area contributed by atoms with Gasteiger partial charge in [-0.05, 0) is 42.3 Å². The van der Waals surface area contributed by atoms with E-state index < -0.39 is 27.6 Å². The number of benzene rings is 3. The maximum atomic E-state index is 14.3. The van der Waals surface area contributed by atoms with Crippen molar-refractivity contribution in [2.75, 3.05) is 18.0 Å². The minimum absolute atomic E-state index is 0.0135. The van der Waals surface area contributed by atoms with Gasteiger partial charge in [0.1, 0.15) is 11.3 Å². The number of aromatic nitrogens is 1. The molecule has 1 aromatic heterocycles. The number of anilines is 1. The molecule has 0 unspecified atom stereocenters. The van der Waals surface area contributed by atoms with Gasteiger partial charge in [-0.1, -0.05) is 61.9 Å². The van der Waals surface area contributed by atoms with Crippen molar-refractivity contribution >= 4 is 42.6 Å². The molecule has 0 radical (unpaired) electrons. The minimum Gasteiger partial charge on any atom is -0.279 e. The zero-order chi connectivity index (χ0) is 26.6. The first-order valence-corrected chi connectivity index (χ1v) is 14.2. The Morgan fingerprint density at radius 2 is 1.70 bits per heavy atom. The summed E-state index contributed by atoms with van der Waals surface area (Å²) in [6.07, 6.45) is 1.63. The lowest BCUT2D eigenvalue weighted by molar-refractivity contribution is 0.0985. The summed E-state index contributed by atoms with van der Waals surface area (Å²) in [7, 11) is -3.69. The number of amides is 1. The predicted octanol–water partition coefficient (Wildman–Crippen LogP) is 6.23. The van der Waals surface area contributed by atoms with Gasteiger partial charge in [-0.15, -0.1) is 0 Å². The number of hydrogen-bond acceptors (Lipinski definition) is 5. The monoisotopic (exact) mass is 543 g/mol. The normalized spacial score (nSPS) is 11.8. The molecule has 3 aromatic carbocycles. The van der Waals surface area contributed by atoms with Gasteiger partial charge in [-0.25, -0.2) is 22.2 Å². The fraction of sp³-hybridized carbons (Fsp3) is 0.259. The van der Waals surface area contributed by atoms with Crippen LogP contribution < -0.4 is 4.90 Å². The van der Waals surface area contributed by atoms with E-state index >= 15 is 0 Å². The number of hydrogen-bond donors (Lipinski definition) is 0. The Morgan fingerprint density at radius 3 is 2.35 bits per heavy atom. The molecule has 0 saturated carbocycles. The van der Waals surface area contributed by atoms with E-state index in [9.17, 15) is 22.0 Å². The largest absolute Gasteiger partial charge is 0.279 e. The third-order valence-corrected chi connectivity index (χ3v) is 8.93. The lowest BCUT2D eigenvalue weighted by Gasteiger charge is -2.22. The summed E-state index contributed by atoms with van der Waals surface area (Å²) in [4.78, 5) is 19.4. The summed E-state index contributed by atoms with van der Waals surface area (Å²) in [5, 5.41) is 0.210. The second-order valence-electron chi connectivity index (χ2n) is 8.48. The lowest BCUT2D eigenvalue weighted by Crippen LogP contribution is -2.32. The number of carbonyl (C=O) groups excluding carboxylic acids is 1. The van der Waals surface area contributed by atoms with Crippen LogP contribution in [0.25, 0.3) is 10.2 Å². The molecular formula is C27H27F2N3O3S2. The molecule has 4 rings (SSSR count). The molecule has 1 amide bonds. The molecule has 0 atom stereocenters. The fourth-order valence-electron chi connectivity index (χ4n) is 3.91. The maximum Gasteiger partial charge on any atom is 0.260 e. The molecule has 0 aliphatic rings. The first-order chi connectivity index (χ1) is 17.7. The number of sulfonamides is 1. The fourth-order valence-corrected chi connectivity index (χ4v) is 6.40. The van der Waals surface area contributed by atoms with Crippen LogP contribution in [0, 0.1) is 11.6 Å². The van der Waals surface area contributed by atoms with Gasteiger partial charge in [0.2, 0.25) is 10.0 Å². The highest BCUT2D eigenvalue weighted by Gasteiger charge is 2.26. The third-order valence-electron chi connectivity index (χ3n) is 5.91. The first kappa shape index (κ1) is 26.8. The summed E-state index contributed by atoms with van der Waals surface area (Å²) in [6, 6.07) is 16.9. The van der Waals surface area contributed by atoms with Gasteiger partial charge >= 0.3 is 0 Å². The second kappa shape index (κ2) is 11.5. The van der Waals surface area contributed by atoms with Crippen LogP contribution in [0.3, 0.4) is 0 Å². The molecule has 0 saturated heterocycles. The van der Waals surface area contributed by atoms with E-state index in [1.54, 1.807) is 6.92 Å². The molecule has 0 spiro atoms. The van der Waals surface area contributed by atoms with Gasteiger partial charge in [0.05, 0.1) is 16.1 Å². The van der Waals surface area contributed by atoms with Crippen molar-refractivity contribution in [3.05, 3.63) is 89.5 Å². The van der Waals surface area contributed by atoms with Gasteiger partial charge in [0, 0.05) is 24.7 Å². The summed E-state index contributed by atoms with van der Waals surface area (Å²) < 4.78 is 55.9. The highest BCUT2D eigenvalue weighted by molar-refractivity contribution is 7.89. The van der Waals surface area contributed by atoms with Crippen molar-refractivity contribution in [1.29, 1.82) is 0 Å². The van der Waals surface area contributed by atoms with Crippen molar-refractivity contribution in [3.8, 4) is 0 Å². The van der Waals surface area contributed by atoms with Crippen molar-refractivity contribution < 1.29 is 22.0 Å². The maximum absolute atomic E-state index is 14.3. The average Bonchev–Trinajstić information content (AvgIpc) is 3.32. The van der Waals surface area contributed by atoms with Crippen LogP contribution in [-0.2, 0) is 16.6 Å². The van der Waals surface area contributed by atoms with Gasteiger partial charge in [-0.2, -0.15) is 4.31 Å². The smallest absolute Gasteiger partial charge is 0.260 e. The Balaban J connectivity index is 1.69. The van der Waals surface area contributed by atoms with E-state index in [-0.39, 0.29) is 32.4 Å². The Labute approximate surface area is 219 Å². The van der Waals surface area contributed by atoms with Crippen LogP contribution in [0.1, 0.15) is 42.6 Å². The molecule has 37 heavy (non-hydrogen) atoms. The van der Waals surface area contributed by atoms with E-state index in [4.69, 9.17) is 0 Å². The van der Waals surface area contributed by atoms with Crippen molar-refractivity contribution in [2.45, 2.75) is 38.1 Å². The van der Waals surface area contributed by atoms with Gasteiger partial charge in [-0.3, -0.25) is 9.69 Å². The van der Waals surface area contributed by atoms with Crippen molar-refractivity contribution in [1.82, 2.24) is 9.29 Å². The molecule has 0 N–H and O–H groups in total. The zero-order valence-electron chi connectivity index (χ0n) is 20.5. The molecule has 0 fully saturated rings. The van der Waals surface area contributed by atoms with Crippen LogP contribution in [0.4, 0.5) is 13.9 Å². The number of nitrogens with zero attached hydrogens (tertiary/aromatic N) is 3. The second-order valence-corrected chi connectivity index (χ2v) is 11.4. The molecule has 194 valence electrons. The van der Waals surface area contributed by atoms with Crippen LogP contribution >= 0.6 is 11.3 Å². The summed E-state index contributed by atoms with van der Waals surface area (Å²) in [5.41, 5.74) is 1.05. The molecule has 10 heteroatoms. The van der Waals surface area contributed by atoms with Crippen molar-refractivity contribution in [3.63, 3.8) is 0 Å². The van der Waals surface area contributed by atoms with Crippen LogP contribution in [0.5, 0.6) is 0 Å². The standard InChI is InChI=1S/C27H27F2N3O3S2/c1-3-5-15-31(4-2)37(34,35)22-13-11-20(12-14-22)26(33)32(18-19-9-7-6-8-10-19)27-30-25-23(29)16-21(28)17-24(25)36-27/h6-14,16-17H,3-5,15,18H2,1-2H3. The summed E-state index contributed by atoms with van der Waals surface area (Å²) in [6.45, 7) is 4.71. The number of thiazole rings is 1. The minimum atomic E-state index is -3.69. The number of rotatable bonds is 10. The average molecular weight is 544 g/mol. The first-order valence-electron chi connectivity index (χ1n) is 12.0. The van der Waals surface area contributed by atoms with Crippen LogP contribution in [0.2, 0.25) is 0 Å². The number of halogens is 2. The van der Waals surface area contributed by atoms with E-state index in [0.717, 1.165) is 35.8 Å². The molecular weight excluding hydrogens is 516 g/mol. The Kier molecular flexibility index (Phi) is 8.31. The molecule has 4 aromatic rings. The van der Waals surface area contributed by atoms with E-state index in [0.29, 0.717) is 13.1 Å². The van der Waals surface area contributed by atoms with Crippen LogP contribution in [-0.4, -0.2) is 36.7 Å². The van der Waals surface area contributed by atoms with Gasteiger partial charge in [0.25, 0.3) is 5.91 Å². The molecule has 0 aliphatic carbocycles. The number of fused-ring (bicyclic) bond motifs is 1. The zero-order valence-corrected chi connectivity index (χ0v) is 22.2. The summed E-state index contributed by atoms with van der Waals surface area (Å²) in [5.74, 6) is -1.97. The topological polar surface area (TPSA) is 70.6 Å². The van der Waals surface area contributed by atoms with Gasteiger partial charge < -0.3 is 0 Å². The van der Waals surface area contributed by atoms with E-state index in [1.807, 2.05) is 37.3 Å². The van der Waals surface area contributed by atoms with Gasteiger partial charge in [0.15, 0.2) is 10.9 Å². The lowest BCUT2D eigenvalue weighted by atomic mass is 10.1. The molecule has 6 nitrogen and oxygen atoms in total. The third kappa shape index (κ3) is 5.87. The Hall–Kier alpha value is -3.21.